The van der Waals surface area contributed by atoms with Gasteiger partial charge in [-0.2, -0.15) is 0 Å². The number of para-hydroxylation sites is 1. The predicted octanol–water partition coefficient (Wildman–Crippen LogP) is 25.1. The standard InChI is InChI=1S/C96H58N6/c1-5-21-73-67(17-1)52-86(81-29-13-8-24-76(73)81)92-56-91(99-95(100-92)63-41-33-59(34-42-63)72-49-71-20-4-16-32-89(71)98-58-72)62-37-35-60(36-38-62)84-51-70-46-45-65(50-85(70)80-28-12-11-27-79(80)84)66-47-48-97-90(55-66)61-39-43-64(44-40-61)96-101-93(87-53-68-18-2-6-22-74(68)77-25-9-14-30-82(77)87)57-94(102-96)88-54-69-19-3-7-23-75(69)78-26-10-15-31-83(78)88/h1-58H. The highest BCUT2D eigenvalue weighted by Gasteiger charge is 2.21. The maximum Gasteiger partial charge on any atom is 0.160 e. The van der Waals surface area contributed by atoms with Crippen LogP contribution in [0.4, 0.5) is 0 Å². The van der Waals surface area contributed by atoms with E-state index in [0.29, 0.717) is 11.6 Å². The fourth-order valence-electron chi connectivity index (χ4n) is 15.5. The predicted molar refractivity (Wildman–Crippen MR) is 425 cm³/mol. The van der Waals surface area contributed by atoms with Crippen molar-refractivity contribution in [3.05, 3.63) is 352 Å². The first-order valence-corrected chi connectivity index (χ1v) is 34.6. The molecule has 472 valence electrons. The average molecular weight is 1300 g/mol. The zero-order chi connectivity index (χ0) is 67.2. The van der Waals surface area contributed by atoms with Crippen molar-refractivity contribution in [3.8, 4) is 112 Å². The summed E-state index contributed by atoms with van der Waals surface area (Å²) in [7, 11) is 0. The van der Waals surface area contributed by atoms with Crippen molar-refractivity contribution in [2.24, 2.45) is 0 Å². The molecule has 0 N–H and O–H groups in total. The Morgan fingerprint density at radius 1 is 0.167 bits per heavy atom. The van der Waals surface area contributed by atoms with Gasteiger partial charge in [-0.15, -0.1) is 0 Å². The summed E-state index contributed by atoms with van der Waals surface area (Å²) in [5.74, 6) is 1.31. The second-order valence-electron chi connectivity index (χ2n) is 26.5. The summed E-state index contributed by atoms with van der Waals surface area (Å²) in [4.78, 5) is 31.4. The molecule has 0 amide bonds. The van der Waals surface area contributed by atoms with Crippen LogP contribution in [0.15, 0.2) is 352 Å². The maximum atomic E-state index is 5.46. The van der Waals surface area contributed by atoms with Gasteiger partial charge in [0, 0.05) is 62.3 Å². The highest BCUT2D eigenvalue weighted by Crippen LogP contribution is 2.43. The lowest BCUT2D eigenvalue weighted by atomic mass is 9.91. The fraction of sp³-hybridized carbons (Fsp3) is 0. The van der Waals surface area contributed by atoms with E-state index in [1.807, 2.05) is 24.5 Å². The highest BCUT2D eigenvalue weighted by molar-refractivity contribution is 6.18. The lowest BCUT2D eigenvalue weighted by Gasteiger charge is -2.15. The first-order chi connectivity index (χ1) is 50.5. The molecule has 0 unspecified atom stereocenters. The first kappa shape index (κ1) is 58.5. The van der Waals surface area contributed by atoms with Crippen molar-refractivity contribution in [3.63, 3.8) is 0 Å². The molecule has 0 aliphatic heterocycles. The Bertz CT molecular complexity index is 6660. The van der Waals surface area contributed by atoms with Crippen molar-refractivity contribution in [2.75, 3.05) is 0 Å². The molecule has 20 rings (SSSR count). The van der Waals surface area contributed by atoms with Crippen LogP contribution in [-0.2, 0) is 0 Å². The molecule has 4 heterocycles. The molecule has 0 aliphatic rings. The van der Waals surface area contributed by atoms with Crippen molar-refractivity contribution >= 4 is 97.1 Å². The van der Waals surface area contributed by atoms with Crippen LogP contribution in [0, 0.1) is 0 Å². The zero-order valence-corrected chi connectivity index (χ0v) is 55.2. The van der Waals surface area contributed by atoms with Gasteiger partial charge in [0.2, 0.25) is 0 Å². The lowest BCUT2D eigenvalue weighted by Crippen LogP contribution is -1.97. The molecule has 4 aromatic heterocycles. The van der Waals surface area contributed by atoms with E-state index in [4.69, 9.17) is 29.9 Å². The topological polar surface area (TPSA) is 77.3 Å². The van der Waals surface area contributed by atoms with E-state index in [2.05, 4.69) is 328 Å². The van der Waals surface area contributed by atoms with E-state index in [9.17, 15) is 0 Å². The summed E-state index contributed by atoms with van der Waals surface area (Å²) in [6.07, 6.45) is 3.87. The number of hydrogen-bond donors (Lipinski definition) is 0. The van der Waals surface area contributed by atoms with Crippen molar-refractivity contribution in [1.29, 1.82) is 0 Å². The molecule has 6 heteroatoms. The Kier molecular flexibility index (Phi) is 13.8. The Hall–Kier alpha value is -13.7. The van der Waals surface area contributed by atoms with Gasteiger partial charge < -0.3 is 0 Å². The van der Waals surface area contributed by atoms with E-state index < -0.39 is 0 Å². The lowest BCUT2D eigenvalue weighted by molar-refractivity contribution is 1.19. The maximum absolute atomic E-state index is 5.46. The minimum Gasteiger partial charge on any atom is -0.256 e. The Balaban J connectivity index is 0.633. The van der Waals surface area contributed by atoms with Crippen LogP contribution < -0.4 is 0 Å². The number of benzene rings is 16. The monoisotopic (exact) mass is 1290 g/mol. The van der Waals surface area contributed by atoms with Crippen LogP contribution in [-0.4, -0.2) is 29.9 Å². The van der Waals surface area contributed by atoms with Gasteiger partial charge in [-0.1, -0.05) is 273 Å². The van der Waals surface area contributed by atoms with E-state index in [1.54, 1.807) is 0 Å². The minimum atomic E-state index is 0.653. The molecule has 0 aliphatic carbocycles. The quantitative estimate of drug-likeness (QED) is 0.127. The zero-order valence-electron chi connectivity index (χ0n) is 55.2. The molecule has 20 aromatic rings. The number of pyridine rings is 2. The third-order valence-electron chi connectivity index (χ3n) is 20.5. The number of aromatic nitrogens is 6. The fourth-order valence-corrected chi connectivity index (χ4v) is 15.5. The summed E-state index contributed by atoms with van der Waals surface area (Å²) in [5.41, 5.74) is 19.0. The molecule has 0 bridgehead atoms. The van der Waals surface area contributed by atoms with Gasteiger partial charge in [-0.05, 0) is 181 Å². The summed E-state index contributed by atoms with van der Waals surface area (Å²) in [6, 6.07) is 122. The van der Waals surface area contributed by atoms with Crippen LogP contribution >= 0.6 is 0 Å². The second-order valence-corrected chi connectivity index (χ2v) is 26.5. The molecule has 102 heavy (non-hydrogen) atoms. The normalized spacial score (nSPS) is 11.7. The van der Waals surface area contributed by atoms with Gasteiger partial charge in [-0.3, -0.25) is 9.97 Å². The number of nitrogens with zero attached hydrogens (tertiary/aromatic N) is 6. The number of hydrogen-bond acceptors (Lipinski definition) is 6. The van der Waals surface area contributed by atoms with Crippen LogP contribution in [0.25, 0.3) is 210 Å². The van der Waals surface area contributed by atoms with Gasteiger partial charge >= 0.3 is 0 Å². The SMILES string of the molecule is c1ccc2ncc(-c3ccc(-c4nc(-c5ccc(-c6cc7ccc(-c8ccnc(-c9ccc(-c%10nc(-c%11cc%12ccccc%12c%12ccccc%11%12)cc(-c%11cc%12ccccc%12c%12ccccc%11%12)n%10)cc9)c8)cc7c7ccccc67)cc5)cc(-c5cc6ccccc6c6ccccc56)n4)cc3)cc2c1. The smallest absolute Gasteiger partial charge is 0.160 e. The first-order valence-electron chi connectivity index (χ1n) is 34.6. The van der Waals surface area contributed by atoms with Crippen LogP contribution in [0.3, 0.4) is 0 Å². The molecule has 0 radical (unpaired) electrons. The van der Waals surface area contributed by atoms with E-state index in [0.717, 1.165) is 139 Å². The third kappa shape index (κ3) is 10.2. The van der Waals surface area contributed by atoms with Crippen LogP contribution in [0.1, 0.15) is 0 Å². The van der Waals surface area contributed by atoms with Gasteiger partial charge in [0.25, 0.3) is 0 Å². The molecular weight excluding hydrogens is 1240 g/mol. The average Bonchev–Trinajstić information content (AvgIpc) is 0.757. The summed E-state index contributed by atoms with van der Waals surface area (Å²) < 4.78 is 0. The minimum absolute atomic E-state index is 0.653. The number of rotatable bonds is 10. The third-order valence-corrected chi connectivity index (χ3v) is 20.5. The molecule has 0 atom stereocenters. The van der Waals surface area contributed by atoms with Crippen molar-refractivity contribution < 1.29 is 0 Å². The molecule has 6 nitrogen and oxygen atoms in total. The van der Waals surface area contributed by atoms with E-state index >= 15 is 0 Å². The Morgan fingerprint density at radius 3 is 1.04 bits per heavy atom. The van der Waals surface area contributed by atoms with Gasteiger partial charge in [0.05, 0.1) is 34.0 Å². The van der Waals surface area contributed by atoms with Crippen LogP contribution in [0.5, 0.6) is 0 Å². The molecule has 0 saturated carbocycles. The van der Waals surface area contributed by atoms with Crippen LogP contribution in [0.2, 0.25) is 0 Å². The summed E-state index contributed by atoms with van der Waals surface area (Å²) in [6.45, 7) is 0. The Morgan fingerprint density at radius 2 is 0.520 bits per heavy atom. The van der Waals surface area contributed by atoms with Crippen molar-refractivity contribution in [1.82, 2.24) is 29.9 Å². The molecular formula is C96H58N6. The second kappa shape index (κ2) is 24.1. The van der Waals surface area contributed by atoms with E-state index in [1.165, 1.54) is 59.2 Å². The summed E-state index contributed by atoms with van der Waals surface area (Å²) >= 11 is 0. The number of fused-ring (bicyclic) bond motifs is 13. The van der Waals surface area contributed by atoms with Crippen molar-refractivity contribution in [2.45, 2.75) is 0 Å². The van der Waals surface area contributed by atoms with E-state index in [-0.39, 0.29) is 0 Å². The van der Waals surface area contributed by atoms with Gasteiger partial charge in [0.1, 0.15) is 0 Å². The van der Waals surface area contributed by atoms with Gasteiger partial charge in [0.15, 0.2) is 11.6 Å². The molecule has 0 saturated heterocycles. The largest absolute Gasteiger partial charge is 0.256 e. The molecule has 0 fully saturated rings. The Labute approximate surface area is 587 Å². The highest BCUT2D eigenvalue weighted by atomic mass is 14.9. The summed E-state index contributed by atoms with van der Waals surface area (Å²) in [5, 5.41) is 20.0. The molecule has 16 aromatic carbocycles. The van der Waals surface area contributed by atoms with Gasteiger partial charge in [-0.25, -0.2) is 19.9 Å². The molecule has 0 spiro atoms.